The lowest BCUT2D eigenvalue weighted by Crippen LogP contribution is -2.22. The molecule has 5 heteroatoms. The van der Waals surface area contributed by atoms with E-state index in [0.29, 0.717) is 4.53 Å². The van der Waals surface area contributed by atoms with Crippen LogP contribution in [-0.4, -0.2) is 14.0 Å². The fraction of sp³-hybridized carbons (Fsp3) is 0.0526. The Morgan fingerprint density at radius 2 is 1.79 bits per heavy atom. The highest BCUT2D eigenvalue weighted by Crippen LogP contribution is 2.21. The molecule has 2 aromatic carbocycles. The van der Waals surface area contributed by atoms with Gasteiger partial charge in [0.15, 0.2) is 4.96 Å². The fourth-order valence-electron chi connectivity index (χ4n) is 3.24. The van der Waals surface area contributed by atoms with Gasteiger partial charge in [0.2, 0.25) is 0 Å². The molecular weight excluding hydrogens is 318 g/mol. The summed E-state index contributed by atoms with van der Waals surface area (Å²) in [5.74, 6) is 0. The van der Waals surface area contributed by atoms with Crippen LogP contribution in [0, 0.1) is 0 Å². The van der Waals surface area contributed by atoms with E-state index in [-0.39, 0.29) is 5.56 Å². The predicted molar refractivity (Wildman–Crippen MR) is 98.5 cm³/mol. The van der Waals surface area contributed by atoms with Gasteiger partial charge in [-0.3, -0.25) is 4.79 Å². The van der Waals surface area contributed by atoms with Crippen LogP contribution in [0.1, 0.15) is 5.56 Å². The number of benzene rings is 2. The van der Waals surface area contributed by atoms with E-state index in [1.165, 1.54) is 11.3 Å². The molecule has 0 bridgehead atoms. The summed E-state index contributed by atoms with van der Waals surface area (Å²) in [6.45, 7) is 0. The normalized spacial score (nSPS) is 12.8. The summed E-state index contributed by atoms with van der Waals surface area (Å²) in [6.07, 6.45) is 4.03. The van der Waals surface area contributed by atoms with Crippen LogP contribution in [0.25, 0.3) is 33.0 Å². The molecule has 0 fully saturated rings. The van der Waals surface area contributed by atoms with Gasteiger partial charge in [0, 0.05) is 29.7 Å². The highest BCUT2D eigenvalue weighted by Gasteiger charge is 2.11. The molecule has 0 spiro atoms. The van der Waals surface area contributed by atoms with Gasteiger partial charge in [-0.2, -0.15) is 0 Å². The van der Waals surface area contributed by atoms with Crippen molar-refractivity contribution in [3.05, 3.63) is 75.2 Å². The van der Waals surface area contributed by atoms with E-state index in [4.69, 9.17) is 0 Å². The third kappa shape index (κ3) is 1.79. The molecule has 0 atom stereocenters. The zero-order valence-electron chi connectivity index (χ0n) is 12.9. The average Bonchev–Trinajstić information content (AvgIpc) is 3.21. The van der Waals surface area contributed by atoms with Crippen LogP contribution >= 0.6 is 11.3 Å². The minimum atomic E-state index is -0.00312. The van der Waals surface area contributed by atoms with Gasteiger partial charge in [-0.25, -0.2) is 9.38 Å². The van der Waals surface area contributed by atoms with Crippen molar-refractivity contribution in [3.8, 4) is 0 Å². The summed E-state index contributed by atoms with van der Waals surface area (Å²) in [6, 6.07) is 15.9. The van der Waals surface area contributed by atoms with Gasteiger partial charge in [-0.15, -0.1) is 0 Å². The second-order valence-electron chi connectivity index (χ2n) is 5.85. The molecule has 3 aromatic heterocycles. The van der Waals surface area contributed by atoms with E-state index in [9.17, 15) is 4.79 Å². The number of aryl methyl sites for hydroxylation is 1. The molecular formula is C19H13N3OS. The lowest BCUT2D eigenvalue weighted by Gasteiger charge is -1.92. The minimum absolute atomic E-state index is 0.00312. The number of fused-ring (bicyclic) bond motifs is 4. The second kappa shape index (κ2) is 4.79. The Bertz CT molecular complexity index is 1340. The Balaban J connectivity index is 1.84. The van der Waals surface area contributed by atoms with E-state index >= 15 is 0 Å². The van der Waals surface area contributed by atoms with Crippen LogP contribution in [0.4, 0.5) is 0 Å². The molecule has 0 saturated heterocycles. The largest absolute Gasteiger partial charge is 0.350 e. The lowest BCUT2D eigenvalue weighted by molar-refractivity contribution is 0.968. The summed E-state index contributed by atoms with van der Waals surface area (Å²) in [5.41, 5.74) is 3.93. The number of hydrogen-bond donors (Lipinski definition) is 0. The molecule has 3 heterocycles. The molecule has 24 heavy (non-hydrogen) atoms. The maximum absolute atomic E-state index is 12.8. The lowest BCUT2D eigenvalue weighted by atomic mass is 10.2. The molecule has 5 aromatic rings. The van der Waals surface area contributed by atoms with E-state index < -0.39 is 0 Å². The van der Waals surface area contributed by atoms with E-state index in [0.717, 1.165) is 32.5 Å². The first-order chi connectivity index (χ1) is 11.7. The molecule has 0 radical (unpaired) electrons. The summed E-state index contributed by atoms with van der Waals surface area (Å²) in [7, 11) is 2.02. The van der Waals surface area contributed by atoms with Crippen molar-refractivity contribution in [1.29, 1.82) is 0 Å². The SMILES string of the molecule is Cn1cc(/C=c2\sc3nc4ccccc4n3c2=O)c2ccccc21. The minimum Gasteiger partial charge on any atom is -0.350 e. The van der Waals surface area contributed by atoms with Crippen LogP contribution < -0.4 is 10.1 Å². The Morgan fingerprint density at radius 1 is 1.04 bits per heavy atom. The number of thiazole rings is 1. The molecule has 0 aliphatic rings. The maximum Gasteiger partial charge on any atom is 0.274 e. The Hall–Kier alpha value is -2.92. The predicted octanol–water partition coefficient (Wildman–Crippen LogP) is 2.95. The highest BCUT2D eigenvalue weighted by atomic mass is 32.1. The summed E-state index contributed by atoms with van der Waals surface area (Å²) in [4.78, 5) is 18.2. The Morgan fingerprint density at radius 3 is 2.67 bits per heavy atom. The van der Waals surface area contributed by atoms with Gasteiger partial charge in [0.05, 0.1) is 15.6 Å². The Labute approximate surface area is 140 Å². The number of aromatic nitrogens is 3. The quantitative estimate of drug-likeness (QED) is 0.474. The monoisotopic (exact) mass is 331 g/mol. The van der Waals surface area contributed by atoms with Crippen molar-refractivity contribution in [1.82, 2.24) is 14.0 Å². The fourth-order valence-corrected chi connectivity index (χ4v) is 4.22. The highest BCUT2D eigenvalue weighted by molar-refractivity contribution is 7.15. The number of para-hydroxylation sites is 3. The van der Waals surface area contributed by atoms with E-state index in [1.54, 1.807) is 4.40 Å². The molecule has 5 rings (SSSR count). The number of hydrogen-bond acceptors (Lipinski definition) is 3. The molecule has 4 nitrogen and oxygen atoms in total. The zero-order chi connectivity index (χ0) is 16.3. The van der Waals surface area contributed by atoms with Crippen molar-refractivity contribution >= 4 is 44.3 Å². The van der Waals surface area contributed by atoms with Crippen molar-refractivity contribution in [3.63, 3.8) is 0 Å². The average molecular weight is 331 g/mol. The zero-order valence-corrected chi connectivity index (χ0v) is 13.7. The number of nitrogens with zero attached hydrogens (tertiary/aromatic N) is 3. The summed E-state index contributed by atoms with van der Waals surface area (Å²) in [5, 5.41) is 1.15. The van der Waals surface area contributed by atoms with Gasteiger partial charge >= 0.3 is 0 Å². The van der Waals surface area contributed by atoms with Gasteiger partial charge in [0.25, 0.3) is 5.56 Å². The molecule has 0 aliphatic heterocycles. The first kappa shape index (κ1) is 13.5. The van der Waals surface area contributed by atoms with Gasteiger partial charge in [-0.05, 0) is 24.3 Å². The van der Waals surface area contributed by atoms with Crippen LogP contribution in [0.15, 0.2) is 59.5 Å². The number of imidazole rings is 1. The second-order valence-corrected chi connectivity index (χ2v) is 6.86. The third-order valence-corrected chi connectivity index (χ3v) is 5.33. The van der Waals surface area contributed by atoms with Crippen LogP contribution in [-0.2, 0) is 7.05 Å². The third-order valence-electron chi connectivity index (χ3n) is 4.36. The van der Waals surface area contributed by atoms with Crippen molar-refractivity contribution in [2.24, 2.45) is 7.05 Å². The summed E-state index contributed by atoms with van der Waals surface area (Å²) < 4.78 is 4.50. The van der Waals surface area contributed by atoms with Crippen molar-refractivity contribution < 1.29 is 0 Å². The van der Waals surface area contributed by atoms with Gasteiger partial charge in [0.1, 0.15) is 0 Å². The topological polar surface area (TPSA) is 39.3 Å². The van der Waals surface area contributed by atoms with Crippen molar-refractivity contribution in [2.45, 2.75) is 0 Å². The van der Waals surface area contributed by atoms with Crippen LogP contribution in [0.5, 0.6) is 0 Å². The van der Waals surface area contributed by atoms with Crippen molar-refractivity contribution in [2.75, 3.05) is 0 Å². The molecule has 0 unspecified atom stereocenters. The van der Waals surface area contributed by atoms with Gasteiger partial charge < -0.3 is 4.57 Å². The first-order valence-electron chi connectivity index (χ1n) is 7.68. The summed E-state index contributed by atoms with van der Waals surface area (Å²) >= 11 is 1.44. The molecule has 0 N–H and O–H groups in total. The van der Waals surface area contributed by atoms with Crippen LogP contribution in [0.3, 0.4) is 0 Å². The molecule has 116 valence electrons. The maximum atomic E-state index is 12.8. The Kier molecular flexibility index (Phi) is 2.69. The molecule has 0 saturated carbocycles. The van der Waals surface area contributed by atoms with E-state index in [2.05, 4.69) is 27.9 Å². The van der Waals surface area contributed by atoms with Gasteiger partial charge in [-0.1, -0.05) is 41.7 Å². The first-order valence-corrected chi connectivity index (χ1v) is 8.50. The number of rotatable bonds is 1. The molecule has 0 aliphatic carbocycles. The smallest absolute Gasteiger partial charge is 0.274 e. The van der Waals surface area contributed by atoms with E-state index in [1.807, 2.05) is 49.5 Å². The standard InChI is InChI=1S/C19H13N3OS/c1-21-11-12(13-6-2-4-8-15(13)21)10-17-18(23)22-16-9-5-3-7-14(16)20-19(22)24-17/h2-11H,1H3/b17-10-. The molecule has 0 amide bonds. The van der Waals surface area contributed by atoms with Crippen LogP contribution in [0.2, 0.25) is 0 Å².